The zero-order valence-corrected chi connectivity index (χ0v) is 6.97. The van der Waals surface area contributed by atoms with E-state index in [-0.39, 0.29) is 12.1 Å². The predicted molar refractivity (Wildman–Crippen MR) is 43.6 cm³/mol. The molecule has 0 aromatic carbocycles. The van der Waals surface area contributed by atoms with E-state index in [1.165, 1.54) is 0 Å². The lowest BCUT2D eigenvalue weighted by atomic mass is 10.2. The fourth-order valence-corrected chi connectivity index (χ4v) is 1.37. The maximum atomic E-state index is 5.49. The number of aromatic nitrogens is 3. The largest absolute Gasteiger partial charge is 0.370 e. The van der Waals surface area contributed by atoms with Crippen molar-refractivity contribution in [3.63, 3.8) is 0 Å². The first-order valence-electron chi connectivity index (χ1n) is 3.97. The van der Waals surface area contributed by atoms with E-state index in [0.29, 0.717) is 6.61 Å². The summed E-state index contributed by atoms with van der Waals surface area (Å²) < 4.78 is 7.36. The molecule has 0 N–H and O–H groups in total. The lowest BCUT2D eigenvalue weighted by Crippen LogP contribution is -2.25. The number of ether oxygens (including phenoxy) is 1. The van der Waals surface area contributed by atoms with E-state index in [4.69, 9.17) is 4.74 Å². The van der Waals surface area contributed by atoms with Crippen molar-refractivity contribution in [3.05, 3.63) is 24.5 Å². The van der Waals surface area contributed by atoms with Gasteiger partial charge in [0.2, 0.25) is 0 Å². The summed E-state index contributed by atoms with van der Waals surface area (Å²) in [4.78, 5) is 0. The fraction of sp³-hybridized carbons (Fsp3) is 0.500. The molecule has 0 aliphatic carbocycles. The minimum atomic E-state index is 0.0937. The smallest absolute Gasteiger partial charge is 0.0981 e. The molecule has 0 saturated carbocycles. The first-order chi connectivity index (χ1) is 5.83. The van der Waals surface area contributed by atoms with Crippen molar-refractivity contribution < 1.29 is 4.74 Å². The highest BCUT2D eigenvalue weighted by molar-refractivity contribution is 5.05. The van der Waals surface area contributed by atoms with E-state index in [2.05, 4.69) is 16.9 Å². The number of fused-ring (bicyclic) bond motifs is 1. The molecule has 0 saturated heterocycles. The first-order valence-corrected chi connectivity index (χ1v) is 3.97. The molecule has 0 unspecified atom stereocenters. The summed E-state index contributed by atoms with van der Waals surface area (Å²) in [5.41, 5.74) is 1.02. The molecule has 0 bridgehead atoms. The van der Waals surface area contributed by atoms with E-state index in [1.54, 1.807) is 6.20 Å². The van der Waals surface area contributed by atoms with Gasteiger partial charge in [-0.15, -0.1) is 11.7 Å². The van der Waals surface area contributed by atoms with Gasteiger partial charge in [0.15, 0.2) is 0 Å². The molecule has 1 aromatic rings. The Labute approximate surface area is 70.8 Å². The zero-order chi connectivity index (χ0) is 8.55. The Balaban J connectivity index is 2.42. The molecule has 0 radical (unpaired) electrons. The van der Waals surface area contributed by atoms with Crippen LogP contribution in [0.3, 0.4) is 0 Å². The molecule has 2 atom stereocenters. The van der Waals surface area contributed by atoms with Crippen molar-refractivity contribution in [3.8, 4) is 0 Å². The maximum Gasteiger partial charge on any atom is 0.0981 e. The van der Waals surface area contributed by atoms with Crippen LogP contribution in [-0.4, -0.2) is 21.6 Å². The molecule has 0 spiro atoms. The Kier molecular flexibility index (Phi) is 1.69. The van der Waals surface area contributed by atoms with E-state index < -0.39 is 0 Å². The predicted octanol–water partition coefficient (Wildman–Crippen LogP) is 1.10. The lowest BCUT2D eigenvalue weighted by molar-refractivity contribution is 0.0172. The summed E-state index contributed by atoms with van der Waals surface area (Å²) >= 11 is 0. The third-order valence-electron chi connectivity index (χ3n) is 2.12. The Bertz CT molecular complexity index is 294. The van der Waals surface area contributed by atoms with Crippen molar-refractivity contribution in [2.24, 2.45) is 0 Å². The standard InChI is InChI=1S/C8H11N3O/c1-3-7-5-12-6(2)8-4-9-10-11(7)8/h3-4,6-7H,1,5H2,2H3/t6-,7+/m0/s1. The molecule has 0 amide bonds. The molecule has 4 nitrogen and oxygen atoms in total. The summed E-state index contributed by atoms with van der Waals surface area (Å²) in [5.74, 6) is 0. The van der Waals surface area contributed by atoms with Gasteiger partial charge in [0.25, 0.3) is 0 Å². The molecule has 4 heteroatoms. The van der Waals surface area contributed by atoms with Crippen LogP contribution in [0.5, 0.6) is 0 Å². The van der Waals surface area contributed by atoms with Gasteiger partial charge in [-0.05, 0) is 6.92 Å². The highest BCUT2D eigenvalue weighted by Crippen LogP contribution is 2.25. The summed E-state index contributed by atoms with van der Waals surface area (Å²) in [5, 5.41) is 7.81. The minimum Gasteiger partial charge on any atom is -0.370 e. The molecular formula is C8H11N3O. The topological polar surface area (TPSA) is 39.9 Å². The Morgan fingerprint density at radius 2 is 2.67 bits per heavy atom. The third kappa shape index (κ3) is 0.956. The lowest BCUT2D eigenvalue weighted by Gasteiger charge is -2.25. The van der Waals surface area contributed by atoms with Crippen LogP contribution in [0, 0.1) is 0 Å². The van der Waals surface area contributed by atoms with Gasteiger partial charge in [-0.1, -0.05) is 11.3 Å². The maximum absolute atomic E-state index is 5.49. The van der Waals surface area contributed by atoms with Gasteiger partial charge in [0, 0.05) is 0 Å². The number of hydrogen-bond acceptors (Lipinski definition) is 3. The summed E-state index contributed by atoms with van der Waals surface area (Å²) in [6.07, 6.45) is 3.65. The first kappa shape index (κ1) is 7.49. The van der Waals surface area contributed by atoms with Gasteiger partial charge in [-0.3, -0.25) is 0 Å². The van der Waals surface area contributed by atoms with E-state index in [1.807, 2.05) is 17.7 Å². The Morgan fingerprint density at radius 1 is 1.83 bits per heavy atom. The van der Waals surface area contributed by atoms with Crippen LogP contribution in [0.4, 0.5) is 0 Å². The van der Waals surface area contributed by atoms with Gasteiger partial charge in [-0.2, -0.15) is 0 Å². The van der Waals surface area contributed by atoms with Gasteiger partial charge >= 0.3 is 0 Å². The van der Waals surface area contributed by atoms with Crippen LogP contribution in [0.1, 0.15) is 24.8 Å². The highest BCUT2D eigenvalue weighted by Gasteiger charge is 2.23. The van der Waals surface area contributed by atoms with Gasteiger partial charge < -0.3 is 4.74 Å². The fourth-order valence-electron chi connectivity index (χ4n) is 1.37. The van der Waals surface area contributed by atoms with Crippen molar-refractivity contribution in [1.29, 1.82) is 0 Å². The second-order valence-corrected chi connectivity index (χ2v) is 2.88. The monoisotopic (exact) mass is 165 g/mol. The van der Waals surface area contributed by atoms with Crippen LogP contribution in [-0.2, 0) is 4.74 Å². The molecule has 64 valence electrons. The average Bonchev–Trinajstić information content (AvgIpc) is 2.54. The normalized spacial score (nSPS) is 28.1. The molecule has 1 aromatic heterocycles. The second-order valence-electron chi connectivity index (χ2n) is 2.88. The van der Waals surface area contributed by atoms with Crippen molar-refractivity contribution in [2.75, 3.05) is 6.61 Å². The van der Waals surface area contributed by atoms with Gasteiger partial charge in [0.05, 0.1) is 30.6 Å². The molecule has 1 aliphatic rings. The number of rotatable bonds is 1. The summed E-state index contributed by atoms with van der Waals surface area (Å²) in [6, 6.07) is 0.138. The van der Waals surface area contributed by atoms with E-state index >= 15 is 0 Å². The molecule has 2 heterocycles. The number of hydrogen-bond donors (Lipinski definition) is 0. The van der Waals surface area contributed by atoms with Crippen LogP contribution in [0.15, 0.2) is 18.9 Å². The van der Waals surface area contributed by atoms with Crippen molar-refractivity contribution in [1.82, 2.24) is 15.0 Å². The average molecular weight is 165 g/mol. The second kappa shape index (κ2) is 2.71. The van der Waals surface area contributed by atoms with Gasteiger partial charge in [0.1, 0.15) is 0 Å². The molecule has 2 rings (SSSR count). The molecule has 12 heavy (non-hydrogen) atoms. The molecule has 0 fully saturated rings. The molecule has 1 aliphatic heterocycles. The zero-order valence-electron chi connectivity index (χ0n) is 6.97. The highest BCUT2D eigenvalue weighted by atomic mass is 16.5. The van der Waals surface area contributed by atoms with E-state index in [0.717, 1.165) is 5.69 Å². The quantitative estimate of drug-likeness (QED) is 0.585. The van der Waals surface area contributed by atoms with Crippen molar-refractivity contribution in [2.45, 2.75) is 19.1 Å². The third-order valence-corrected chi connectivity index (χ3v) is 2.12. The van der Waals surface area contributed by atoms with Crippen LogP contribution in [0.2, 0.25) is 0 Å². The molecular weight excluding hydrogens is 154 g/mol. The summed E-state index contributed by atoms with van der Waals surface area (Å²) in [7, 11) is 0. The van der Waals surface area contributed by atoms with Crippen LogP contribution < -0.4 is 0 Å². The Hall–Kier alpha value is -1.16. The number of nitrogens with zero attached hydrogens (tertiary/aromatic N) is 3. The van der Waals surface area contributed by atoms with Gasteiger partial charge in [-0.25, -0.2) is 4.68 Å². The minimum absolute atomic E-state index is 0.0937. The van der Waals surface area contributed by atoms with Crippen molar-refractivity contribution >= 4 is 0 Å². The van der Waals surface area contributed by atoms with Crippen LogP contribution >= 0.6 is 0 Å². The van der Waals surface area contributed by atoms with E-state index in [9.17, 15) is 0 Å². The van der Waals surface area contributed by atoms with Crippen LogP contribution in [0.25, 0.3) is 0 Å². The summed E-state index contributed by atoms with van der Waals surface area (Å²) in [6.45, 7) is 6.35. The Morgan fingerprint density at radius 3 is 3.42 bits per heavy atom. The SMILES string of the molecule is C=C[C@@H]1CO[C@@H](C)c2cnnn21.